The van der Waals surface area contributed by atoms with Crippen molar-refractivity contribution in [2.45, 2.75) is 62.9 Å². The molecule has 1 aromatic carbocycles. The van der Waals surface area contributed by atoms with E-state index in [1.807, 2.05) is 31.2 Å². The third-order valence-corrected chi connectivity index (χ3v) is 11.7. The lowest BCUT2D eigenvalue weighted by Gasteiger charge is -2.27. The first-order chi connectivity index (χ1) is 22.0. The van der Waals surface area contributed by atoms with Crippen LogP contribution in [-0.2, 0) is 28.8 Å². The van der Waals surface area contributed by atoms with E-state index in [2.05, 4.69) is 19.9 Å². The zero-order valence-corrected chi connectivity index (χ0v) is 26.6. The highest BCUT2D eigenvalue weighted by Gasteiger charge is 2.48. The minimum absolute atomic E-state index is 0.181. The molecular weight excluding hydrogens is 641 g/mol. The molecule has 3 aromatic heterocycles. The molecule has 246 valence electrons. The van der Waals surface area contributed by atoms with E-state index in [-0.39, 0.29) is 24.6 Å². The average molecular weight is 676 g/mol. The van der Waals surface area contributed by atoms with Gasteiger partial charge in [-0.2, -0.15) is 0 Å². The second-order valence-electron chi connectivity index (χ2n) is 11.2. The number of aliphatic hydroxyl groups is 2. The minimum Gasteiger partial charge on any atom is -0.394 e. The van der Waals surface area contributed by atoms with Gasteiger partial charge in [-0.15, -0.1) is 0 Å². The molecule has 2 aliphatic heterocycles. The summed E-state index contributed by atoms with van der Waals surface area (Å²) in [7, 11) is 0. The van der Waals surface area contributed by atoms with Crippen LogP contribution in [0.1, 0.15) is 36.9 Å². The number of hydrogen-bond donors (Lipinski definition) is 4. The summed E-state index contributed by atoms with van der Waals surface area (Å²) < 4.78 is 41.5. The number of fused-ring (bicyclic) bond motifs is 1. The third-order valence-electron chi connectivity index (χ3n) is 8.01. The summed E-state index contributed by atoms with van der Waals surface area (Å²) in [5, 5.41) is 21.0. The highest BCUT2D eigenvalue weighted by atomic mass is 32.7. The second-order valence-corrected chi connectivity index (χ2v) is 15.2. The highest BCUT2D eigenvalue weighted by Crippen LogP contribution is 2.64. The Morgan fingerprint density at radius 1 is 1.13 bits per heavy atom. The lowest BCUT2D eigenvalue weighted by Crippen LogP contribution is -2.34. The lowest BCUT2D eigenvalue weighted by molar-refractivity contribution is -0.0505. The van der Waals surface area contributed by atoms with Crippen molar-refractivity contribution in [1.29, 1.82) is 0 Å². The van der Waals surface area contributed by atoms with Gasteiger partial charge >= 0.3 is 12.5 Å². The number of nitrogens with one attached hydrogen (secondary N) is 1. The molecule has 0 saturated carbocycles. The molecule has 8 atom stereocenters. The summed E-state index contributed by atoms with van der Waals surface area (Å²) in [4.78, 5) is 38.7. The van der Waals surface area contributed by atoms with Gasteiger partial charge in [-0.1, -0.05) is 36.8 Å². The van der Waals surface area contributed by atoms with E-state index in [4.69, 9.17) is 24.3 Å². The summed E-state index contributed by atoms with van der Waals surface area (Å²) in [6, 6.07) is 8.86. The van der Waals surface area contributed by atoms with Crippen molar-refractivity contribution in [3.63, 3.8) is 0 Å². The Hall–Kier alpha value is -3.41. The van der Waals surface area contributed by atoms with Gasteiger partial charge < -0.3 is 25.4 Å². The third kappa shape index (κ3) is 6.68. The van der Waals surface area contributed by atoms with Crippen molar-refractivity contribution < 1.29 is 33.3 Å². The molecule has 5 heterocycles. The Kier molecular flexibility index (Phi) is 9.45. The van der Waals surface area contributed by atoms with Crippen LogP contribution in [0.15, 0.2) is 58.8 Å². The number of nitrogens with two attached hydrogens (primary N) is 1. The van der Waals surface area contributed by atoms with E-state index >= 15 is 0 Å². The SMILES string of the molecule is Cc1ccc(CSP(=O)(OC[C@H]2O[C@@H](n3cnc4c(N)ncnc43)C[C@H]2O)O[C@@H]2C(C)[C@H](n3ccc(=O)[nH]c3=O)O[C@@H]2CO)cc1. The number of rotatable bonds is 11. The number of nitrogen functional groups attached to an aromatic ring is 1. The number of aryl methyl sites for hydroxylation is 1. The molecule has 18 heteroatoms. The average Bonchev–Trinajstić information content (AvgIpc) is 3.72. The molecule has 0 spiro atoms. The zero-order chi connectivity index (χ0) is 32.6. The van der Waals surface area contributed by atoms with Crippen molar-refractivity contribution in [2.24, 2.45) is 5.92 Å². The number of aliphatic hydroxyl groups excluding tert-OH is 2. The van der Waals surface area contributed by atoms with Crippen LogP contribution in [0.3, 0.4) is 0 Å². The van der Waals surface area contributed by atoms with E-state index in [9.17, 15) is 24.4 Å². The maximum Gasteiger partial charge on any atom is 0.389 e. The van der Waals surface area contributed by atoms with Gasteiger partial charge in [0, 0.05) is 30.4 Å². The number of nitrogens with zero attached hydrogens (tertiary/aromatic N) is 5. The van der Waals surface area contributed by atoms with Crippen LogP contribution >= 0.6 is 18.2 Å². The Bertz CT molecular complexity index is 1850. The predicted molar refractivity (Wildman–Crippen MR) is 167 cm³/mol. The first-order valence-corrected chi connectivity index (χ1v) is 17.7. The molecule has 4 aromatic rings. The van der Waals surface area contributed by atoms with Gasteiger partial charge in [-0.05, 0) is 23.9 Å². The normalized spacial score (nSPS) is 27.7. The van der Waals surface area contributed by atoms with E-state index in [1.165, 1.54) is 29.5 Å². The van der Waals surface area contributed by atoms with Crippen molar-refractivity contribution in [1.82, 2.24) is 29.1 Å². The molecule has 2 saturated heterocycles. The number of H-pyrrole nitrogens is 1. The molecule has 0 amide bonds. The Morgan fingerprint density at radius 2 is 1.91 bits per heavy atom. The van der Waals surface area contributed by atoms with Crippen LogP contribution in [0, 0.1) is 12.8 Å². The summed E-state index contributed by atoms with van der Waals surface area (Å²) >= 11 is 0.948. The first kappa shape index (κ1) is 32.5. The summed E-state index contributed by atoms with van der Waals surface area (Å²) in [5.74, 6) is -0.116. The molecule has 0 bridgehead atoms. The molecular formula is C28H34N7O9PS. The van der Waals surface area contributed by atoms with Gasteiger partial charge in [-0.3, -0.25) is 28.0 Å². The molecule has 5 N–H and O–H groups in total. The van der Waals surface area contributed by atoms with Crippen molar-refractivity contribution in [2.75, 3.05) is 18.9 Å². The van der Waals surface area contributed by atoms with Gasteiger partial charge in [0.2, 0.25) is 0 Å². The van der Waals surface area contributed by atoms with Crippen LogP contribution in [0.2, 0.25) is 0 Å². The van der Waals surface area contributed by atoms with E-state index < -0.39 is 67.4 Å². The number of imidazole rings is 1. The zero-order valence-electron chi connectivity index (χ0n) is 24.9. The fourth-order valence-electron chi connectivity index (χ4n) is 5.51. The Morgan fingerprint density at radius 3 is 2.65 bits per heavy atom. The molecule has 2 unspecified atom stereocenters. The topological polar surface area (TPSA) is 219 Å². The van der Waals surface area contributed by atoms with Crippen molar-refractivity contribution in [3.05, 3.63) is 81.1 Å². The van der Waals surface area contributed by atoms with E-state index in [0.717, 1.165) is 22.5 Å². The van der Waals surface area contributed by atoms with Gasteiger partial charge in [0.25, 0.3) is 5.56 Å². The summed E-state index contributed by atoms with van der Waals surface area (Å²) in [6.45, 7) is -1.14. The standard InChI is InChI=1S/C28H34N7O9PS/c1-15-3-5-17(6-4-15)12-46-45(40,44-24-16(2)27(43-19(24)10-36)34-8-7-21(38)33-28(34)39)41-11-20-18(37)9-22(42-20)35-14-32-23-25(29)30-13-31-26(23)35/h3-8,13-14,16,18-20,22,24,27,36-37H,9-12H2,1-2H3,(H2,29,30,31)(H,33,38,39)/t16?,18-,19-,20-,22-,24-,27-,45?/m1/s1. The van der Waals surface area contributed by atoms with E-state index in [1.54, 1.807) is 11.5 Å². The quantitative estimate of drug-likeness (QED) is 0.167. The smallest absolute Gasteiger partial charge is 0.389 e. The van der Waals surface area contributed by atoms with Crippen LogP contribution in [0.25, 0.3) is 11.2 Å². The van der Waals surface area contributed by atoms with Crippen LogP contribution in [0.5, 0.6) is 0 Å². The van der Waals surface area contributed by atoms with Gasteiger partial charge in [-0.25, -0.2) is 24.3 Å². The largest absolute Gasteiger partial charge is 0.394 e. The fraction of sp³-hybridized carbons (Fsp3) is 0.464. The molecule has 6 rings (SSSR count). The number of benzene rings is 1. The molecule has 2 fully saturated rings. The van der Waals surface area contributed by atoms with E-state index in [0.29, 0.717) is 11.2 Å². The van der Waals surface area contributed by atoms with Gasteiger partial charge in [0.15, 0.2) is 11.5 Å². The maximum atomic E-state index is 14.4. The number of aromatic amines is 1. The number of aromatic nitrogens is 6. The minimum atomic E-state index is -4.04. The Labute approximate surface area is 266 Å². The summed E-state index contributed by atoms with van der Waals surface area (Å²) in [5.41, 5.74) is 7.43. The molecule has 0 radical (unpaired) electrons. The number of ether oxygens (including phenoxy) is 2. The second kappa shape index (κ2) is 13.4. The van der Waals surface area contributed by atoms with Crippen LogP contribution in [0.4, 0.5) is 5.82 Å². The highest BCUT2D eigenvalue weighted by molar-refractivity contribution is 8.54. The monoisotopic (exact) mass is 675 g/mol. The van der Waals surface area contributed by atoms with Gasteiger partial charge in [0.05, 0.1) is 25.6 Å². The molecule has 46 heavy (non-hydrogen) atoms. The lowest BCUT2D eigenvalue weighted by atomic mass is 10.0. The molecule has 0 aliphatic carbocycles. The van der Waals surface area contributed by atoms with Crippen LogP contribution in [-0.4, -0.2) is 76.9 Å². The number of anilines is 1. The first-order valence-electron chi connectivity index (χ1n) is 14.5. The molecule has 2 aliphatic rings. The van der Waals surface area contributed by atoms with Crippen LogP contribution < -0.4 is 17.0 Å². The fourth-order valence-corrected chi connectivity index (χ4v) is 8.96. The van der Waals surface area contributed by atoms with Gasteiger partial charge in [0.1, 0.15) is 42.6 Å². The van der Waals surface area contributed by atoms with Crippen molar-refractivity contribution >= 4 is 35.2 Å². The predicted octanol–water partition coefficient (Wildman–Crippen LogP) is 1.88. The summed E-state index contributed by atoms with van der Waals surface area (Å²) in [6.07, 6.45) is -1.07. The van der Waals surface area contributed by atoms with Crippen molar-refractivity contribution in [3.8, 4) is 0 Å². The Balaban J connectivity index is 1.21. The number of hydrogen-bond acceptors (Lipinski definition) is 14. The maximum absolute atomic E-state index is 14.4. The molecule has 16 nitrogen and oxygen atoms in total.